The highest BCUT2D eigenvalue weighted by Gasteiger charge is 2.44. The number of amides is 1. The van der Waals surface area contributed by atoms with Crippen LogP contribution in [0.15, 0.2) is 0 Å². The fraction of sp³-hybridized carbons (Fsp3) is 0.867. The van der Waals surface area contributed by atoms with E-state index in [1.807, 2.05) is 0 Å². The summed E-state index contributed by atoms with van der Waals surface area (Å²) in [5.74, 6) is -1.01. The Bertz CT molecular complexity index is 374. The minimum absolute atomic E-state index is 0.0328. The molecule has 5 heteroatoms. The quantitative estimate of drug-likeness (QED) is 0.807. The molecule has 5 nitrogen and oxygen atoms in total. The van der Waals surface area contributed by atoms with Crippen molar-refractivity contribution in [2.45, 2.75) is 52.0 Å². The summed E-state index contributed by atoms with van der Waals surface area (Å²) in [4.78, 5) is 23.8. The van der Waals surface area contributed by atoms with Crippen molar-refractivity contribution in [1.82, 2.24) is 5.32 Å². The van der Waals surface area contributed by atoms with Gasteiger partial charge in [-0.2, -0.15) is 0 Å². The summed E-state index contributed by atoms with van der Waals surface area (Å²) in [6.07, 6.45) is 4.89. The highest BCUT2D eigenvalue weighted by molar-refractivity contribution is 5.84. The van der Waals surface area contributed by atoms with E-state index in [-0.39, 0.29) is 24.0 Å². The van der Waals surface area contributed by atoms with Crippen molar-refractivity contribution in [3.63, 3.8) is 0 Å². The van der Waals surface area contributed by atoms with Crippen LogP contribution in [-0.4, -0.2) is 36.2 Å². The molecule has 2 rings (SSSR count). The Kier molecular flexibility index (Phi) is 4.68. The van der Waals surface area contributed by atoms with Gasteiger partial charge in [-0.25, -0.2) is 0 Å². The van der Waals surface area contributed by atoms with Crippen LogP contribution in [0.5, 0.6) is 0 Å². The molecule has 0 radical (unpaired) electrons. The molecule has 114 valence electrons. The van der Waals surface area contributed by atoms with Gasteiger partial charge >= 0.3 is 5.97 Å². The smallest absolute Gasteiger partial charge is 0.311 e. The van der Waals surface area contributed by atoms with Crippen LogP contribution in [0.25, 0.3) is 0 Å². The van der Waals surface area contributed by atoms with E-state index >= 15 is 0 Å². The number of rotatable bonds is 5. The fourth-order valence-corrected chi connectivity index (χ4v) is 3.62. The number of aliphatic carboxylic acids is 1. The average Bonchev–Trinajstić information content (AvgIpc) is 2.97. The second-order valence-corrected chi connectivity index (χ2v) is 6.65. The zero-order valence-electron chi connectivity index (χ0n) is 12.4. The summed E-state index contributed by atoms with van der Waals surface area (Å²) in [5, 5.41) is 12.1. The molecule has 0 spiro atoms. The van der Waals surface area contributed by atoms with E-state index in [1.165, 1.54) is 0 Å². The first kappa shape index (κ1) is 15.3. The molecule has 2 fully saturated rings. The molecule has 0 aromatic heterocycles. The Labute approximate surface area is 120 Å². The van der Waals surface area contributed by atoms with E-state index in [2.05, 4.69) is 19.2 Å². The van der Waals surface area contributed by atoms with Crippen molar-refractivity contribution >= 4 is 11.9 Å². The summed E-state index contributed by atoms with van der Waals surface area (Å²) in [7, 11) is 0. The molecule has 1 saturated heterocycles. The molecule has 1 heterocycles. The Hall–Kier alpha value is -1.10. The van der Waals surface area contributed by atoms with Gasteiger partial charge in [0.05, 0.1) is 19.3 Å². The van der Waals surface area contributed by atoms with E-state index in [9.17, 15) is 9.59 Å². The summed E-state index contributed by atoms with van der Waals surface area (Å²) in [5.41, 5.74) is -0.292. The van der Waals surface area contributed by atoms with Crippen molar-refractivity contribution in [3.05, 3.63) is 0 Å². The van der Waals surface area contributed by atoms with Gasteiger partial charge in [0.15, 0.2) is 0 Å². The molecule has 1 aliphatic heterocycles. The van der Waals surface area contributed by atoms with Gasteiger partial charge in [0, 0.05) is 5.41 Å². The van der Waals surface area contributed by atoms with E-state index in [0.717, 1.165) is 32.1 Å². The lowest BCUT2D eigenvalue weighted by molar-refractivity contribution is -0.142. The summed E-state index contributed by atoms with van der Waals surface area (Å²) < 4.78 is 5.21. The summed E-state index contributed by atoms with van der Waals surface area (Å²) in [6.45, 7) is 4.76. The SMILES string of the molecule is CC(C)CC1(C(=O)NC2COCC2C(=O)O)CCCC1. The minimum atomic E-state index is -0.892. The first-order chi connectivity index (χ1) is 9.44. The molecule has 1 saturated carbocycles. The van der Waals surface area contributed by atoms with Crippen molar-refractivity contribution in [3.8, 4) is 0 Å². The number of carbonyl (C=O) groups is 2. The van der Waals surface area contributed by atoms with Crippen LogP contribution >= 0.6 is 0 Å². The number of hydrogen-bond donors (Lipinski definition) is 2. The predicted octanol–water partition coefficient (Wildman–Crippen LogP) is 1.81. The van der Waals surface area contributed by atoms with Crippen LogP contribution in [0, 0.1) is 17.3 Å². The maximum atomic E-state index is 12.7. The molecular weight excluding hydrogens is 258 g/mol. The molecule has 2 N–H and O–H groups in total. The highest BCUT2D eigenvalue weighted by Crippen LogP contribution is 2.43. The standard InChI is InChI=1S/C15H25NO4/c1-10(2)7-15(5-3-4-6-15)14(19)16-12-9-20-8-11(12)13(17)18/h10-12H,3-9H2,1-2H3,(H,16,19)(H,17,18). The average molecular weight is 283 g/mol. The molecule has 2 unspecified atom stereocenters. The second kappa shape index (κ2) is 6.12. The van der Waals surface area contributed by atoms with Crippen LogP contribution in [0.1, 0.15) is 46.0 Å². The van der Waals surface area contributed by atoms with Gasteiger partial charge in [0.1, 0.15) is 5.92 Å². The van der Waals surface area contributed by atoms with Gasteiger partial charge in [-0.05, 0) is 25.2 Å². The maximum absolute atomic E-state index is 12.7. The van der Waals surface area contributed by atoms with Crippen molar-refractivity contribution < 1.29 is 19.4 Å². The Balaban J connectivity index is 2.03. The third kappa shape index (κ3) is 3.14. The Morgan fingerprint density at radius 2 is 1.95 bits per heavy atom. The predicted molar refractivity (Wildman–Crippen MR) is 74.2 cm³/mol. The lowest BCUT2D eigenvalue weighted by atomic mass is 9.77. The van der Waals surface area contributed by atoms with Gasteiger partial charge < -0.3 is 15.2 Å². The lowest BCUT2D eigenvalue weighted by Crippen LogP contribution is -2.49. The Morgan fingerprint density at radius 1 is 1.30 bits per heavy atom. The van der Waals surface area contributed by atoms with Crippen molar-refractivity contribution in [1.29, 1.82) is 0 Å². The number of ether oxygens (including phenoxy) is 1. The summed E-state index contributed by atoms with van der Waals surface area (Å²) >= 11 is 0. The molecule has 0 aromatic carbocycles. The molecule has 1 amide bonds. The molecule has 2 atom stereocenters. The van der Waals surface area contributed by atoms with E-state index in [4.69, 9.17) is 9.84 Å². The first-order valence-corrected chi connectivity index (χ1v) is 7.56. The van der Waals surface area contributed by atoms with Gasteiger partial charge in [-0.15, -0.1) is 0 Å². The highest BCUT2D eigenvalue weighted by atomic mass is 16.5. The van der Waals surface area contributed by atoms with Crippen molar-refractivity contribution in [2.24, 2.45) is 17.3 Å². The number of carboxylic acid groups (broad SMARTS) is 1. The molecule has 0 aromatic rings. The minimum Gasteiger partial charge on any atom is -0.481 e. The largest absolute Gasteiger partial charge is 0.481 e. The third-order valence-electron chi connectivity index (χ3n) is 4.56. The fourth-order valence-electron chi connectivity index (χ4n) is 3.62. The number of carboxylic acids is 1. The zero-order chi connectivity index (χ0) is 14.8. The van der Waals surface area contributed by atoms with Gasteiger partial charge in [-0.1, -0.05) is 26.7 Å². The van der Waals surface area contributed by atoms with E-state index in [0.29, 0.717) is 12.5 Å². The zero-order valence-corrected chi connectivity index (χ0v) is 12.4. The van der Waals surface area contributed by atoms with Crippen LogP contribution in [-0.2, 0) is 14.3 Å². The Morgan fingerprint density at radius 3 is 2.50 bits per heavy atom. The summed E-state index contributed by atoms with van der Waals surface area (Å²) in [6, 6.07) is -0.385. The van der Waals surface area contributed by atoms with E-state index < -0.39 is 11.9 Å². The topological polar surface area (TPSA) is 75.6 Å². The van der Waals surface area contributed by atoms with Gasteiger partial charge in [-0.3, -0.25) is 9.59 Å². The molecular formula is C15H25NO4. The van der Waals surface area contributed by atoms with Crippen molar-refractivity contribution in [2.75, 3.05) is 13.2 Å². The van der Waals surface area contributed by atoms with Crippen LogP contribution in [0.2, 0.25) is 0 Å². The number of nitrogens with one attached hydrogen (secondary N) is 1. The molecule has 2 aliphatic rings. The molecule has 0 bridgehead atoms. The van der Waals surface area contributed by atoms with Crippen LogP contribution in [0.4, 0.5) is 0 Å². The monoisotopic (exact) mass is 283 g/mol. The third-order valence-corrected chi connectivity index (χ3v) is 4.56. The lowest BCUT2D eigenvalue weighted by Gasteiger charge is -2.31. The van der Waals surface area contributed by atoms with Crippen LogP contribution < -0.4 is 5.32 Å². The maximum Gasteiger partial charge on any atom is 0.311 e. The second-order valence-electron chi connectivity index (χ2n) is 6.65. The van der Waals surface area contributed by atoms with E-state index in [1.54, 1.807) is 0 Å². The number of hydrogen-bond acceptors (Lipinski definition) is 3. The molecule has 20 heavy (non-hydrogen) atoms. The molecule has 1 aliphatic carbocycles. The van der Waals surface area contributed by atoms with Gasteiger partial charge in [0.2, 0.25) is 5.91 Å². The first-order valence-electron chi connectivity index (χ1n) is 7.56. The van der Waals surface area contributed by atoms with Gasteiger partial charge in [0.25, 0.3) is 0 Å². The van der Waals surface area contributed by atoms with Crippen LogP contribution in [0.3, 0.4) is 0 Å². The number of carbonyl (C=O) groups excluding carboxylic acids is 1. The normalized spacial score (nSPS) is 28.8.